The second kappa shape index (κ2) is 6.61. The molecule has 2 rings (SSSR count). The highest BCUT2D eigenvalue weighted by Crippen LogP contribution is 2.15. The summed E-state index contributed by atoms with van der Waals surface area (Å²) in [5.74, 6) is 0.835. The van der Waals surface area contributed by atoms with Crippen LogP contribution in [-0.2, 0) is 13.1 Å². The maximum Gasteiger partial charge on any atom is 0.176 e. The molecule has 0 spiro atoms. The van der Waals surface area contributed by atoms with E-state index in [0.717, 1.165) is 35.0 Å². The van der Waals surface area contributed by atoms with Crippen LogP contribution >= 0.6 is 23.7 Å². The first-order valence-electron chi connectivity index (χ1n) is 5.29. The van der Waals surface area contributed by atoms with Gasteiger partial charge in [0.15, 0.2) is 5.13 Å². The molecule has 0 unspecified atom stereocenters. The van der Waals surface area contributed by atoms with Gasteiger partial charge in [0.2, 0.25) is 0 Å². The first-order chi connectivity index (χ1) is 7.78. The predicted octanol–water partition coefficient (Wildman–Crippen LogP) is 3.53. The van der Waals surface area contributed by atoms with Crippen molar-refractivity contribution in [2.24, 2.45) is 0 Å². The maximum atomic E-state index is 12.7. The molecule has 2 heterocycles. The van der Waals surface area contributed by atoms with Crippen LogP contribution < -0.4 is 5.32 Å². The van der Waals surface area contributed by atoms with Crippen molar-refractivity contribution in [3.63, 3.8) is 0 Å². The van der Waals surface area contributed by atoms with Gasteiger partial charge >= 0.3 is 0 Å². The Labute approximate surface area is 110 Å². The number of halogens is 2. The van der Waals surface area contributed by atoms with Crippen molar-refractivity contribution in [2.45, 2.75) is 26.4 Å². The molecule has 0 amide bonds. The summed E-state index contributed by atoms with van der Waals surface area (Å²) in [5.41, 5.74) is 0. The normalized spacial score (nSPS) is 10.0. The third-order valence-electron chi connectivity index (χ3n) is 2.17. The lowest BCUT2D eigenvalue weighted by Crippen LogP contribution is -2.01. The number of anilines is 1. The van der Waals surface area contributed by atoms with Gasteiger partial charge in [-0.15, -0.1) is 23.7 Å². The SMILES string of the molecule is CCCn1ccc(NCc2ccc(F)s2)n1.Cl. The van der Waals surface area contributed by atoms with E-state index in [4.69, 9.17) is 0 Å². The number of rotatable bonds is 5. The molecule has 0 aliphatic carbocycles. The van der Waals surface area contributed by atoms with Crippen molar-refractivity contribution in [2.75, 3.05) is 5.32 Å². The minimum Gasteiger partial charge on any atom is -0.364 e. The zero-order chi connectivity index (χ0) is 11.4. The average Bonchev–Trinajstić information content (AvgIpc) is 2.85. The zero-order valence-electron chi connectivity index (χ0n) is 9.52. The molecule has 17 heavy (non-hydrogen) atoms. The van der Waals surface area contributed by atoms with Gasteiger partial charge in [0.05, 0.1) is 6.54 Å². The number of thiophene rings is 1. The van der Waals surface area contributed by atoms with E-state index in [9.17, 15) is 4.39 Å². The van der Waals surface area contributed by atoms with Crippen LogP contribution in [-0.4, -0.2) is 9.78 Å². The summed E-state index contributed by atoms with van der Waals surface area (Å²) in [6, 6.07) is 5.20. The Hall–Kier alpha value is -1.07. The largest absolute Gasteiger partial charge is 0.364 e. The standard InChI is InChI=1S/C11H14FN3S.ClH/c1-2-6-15-7-5-11(14-15)13-8-9-3-4-10(12)16-9;/h3-5,7H,2,6,8H2,1H3,(H,13,14);1H. The first-order valence-corrected chi connectivity index (χ1v) is 6.11. The molecule has 6 heteroatoms. The van der Waals surface area contributed by atoms with Gasteiger partial charge in [-0.3, -0.25) is 4.68 Å². The molecule has 2 aromatic heterocycles. The lowest BCUT2D eigenvalue weighted by molar-refractivity contribution is 0.604. The number of hydrogen-bond donors (Lipinski definition) is 1. The number of aryl methyl sites for hydroxylation is 1. The highest BCUT2D eigenvalue weighted by molar-refractivity contribution is 7.10. The number of nitrogens with one attached hydrogen (secondary N) is 1. The molecule has 0 aromatic carbocycles. The van der Waals surface area contributed by atoms with E-state index in [1.807, 2.05) is 16.9 Å². The van der Waals surface area contributed by atoms with Gasteiger partial charge in [-0.25, -0.2) is 0 Å². The van der Waals surface area contributed by atoms with Crippen LogP contribution in [0.15, 0.2) is 24.4 Å². The van der Waals surface area contributed by atoms with Gasteiger partial charge in [-0.2, -0.15) is 9.49 Å². The molecule has 2 aromatic rings. The van der Waals surface area contributed by atoms with E-state index >= 15 is 0 Å². The van der Waals surface area contributed by atoms with Gasteiger partial charge in [0.25, 0.3) is 0 Å². The zero-order valence-corrected chi connectivity index (χ0v) is 11.2. The molecular weight excluding hydrogens is 261 g/mol. The summed E-state index contributed by atoms with van der Waals surface area (Å²) in [4.78, 5) is 0.975. The molecule has 3 nitrogen and oxygen atoms in total. The molecule has 0 aliphatic heterocycles. The highest BCUT2D eigenvalue weighted by Gasteiger charge is 2.01. The fraction of sp³-hybridized carbons (Fsp3) is 0.364. The average molecular weight is 276 g/mol. The number of nitrogens with zero attached hydrogens (tertiary/aromatic N) is 2. The molecule has 1 N–H and O–H groups in total. The minimum atomic E-state index is -0.145. The Kier molecular flexibility index (Phi) is 5.44. The third kappa shape index (κ3) is 4.02. The van der Waals surface area contributed by atoms with Gasteiger partial charge in [-0.05, 0) is 18.6 Å². The maximum absolute atomic E-state index is 12.7. The lowest BCUT2D eigenvalue weighted by Gasteiger charge is -2.00. The van der Waals surface area contributed by atoms with Crippen molar-refractivity contribution < 1.29 is 4.39 Å². The van der Waals surface area contributed by atoms with Crippen LogP contribution in [0.5, 0.6) is 0 Å². The highest BCUT2D eigenvalue weighted by atomic mass is 35.5. The van der Waals surface area contributed by atoms with Crippen molar-refractivity contribution in [3.8, 4) is 0 Å². The molecule has 0 bridgehead atoms. The summed E-state index contributed by atoms with van der Waals surface area (Å²) in [6.45, 7) is 3.66. The summed E-state index contributed by atoms with van der Waals surface area (Å²) >= 11 is 1.16. The van der Waals surface area contributed by atoms with Crippen molar-refractivity contribution >= 4 is 29.6 Å². The van der Waals surface area contributed by atoms with E-state index in [-0.39, 0.29) is 17.5 Å². The molecule has 0 aliphatic rings. The fourth-order valence-electron chi connectivity index (χ4n) is 1.43. The Balaban J connectivity index is 0.00000144. The van der Waals surface area contributed by atoms with E-state index < -0.39 is 0 Å². The third-order valence-corrected chi connectivity index (χ3v) is 3.04. The Morgan fingerprint density at radius 2 is 2.24 bits per heavy atom. The summed E-state index contributed by atoms with van der Waals surface area (Å²) < 4.78 is 14.6. The summed E-state index contributed by atoms with van der Waals surface area (Å²) in [7, 11) is 0. The van der Waals surface area contributed by atoms with Crippen LogP contribution in [0.4, 0.5) is 10.2 Å². The topological polar surface area (TPSA) is 29.9 Å². The number of aromatic nitrogens is 2. The first kappa shape index (κ1) is 14.0. The Bertz CT molecular complexity index is 455. The van der Waals surface area contributed by atoms with Crippen LogP contribution in [0.1, 0.15) is 18.2 Å². The predicted molar refractivity (Wildman–Crippen MR) is 71.4 cm³/mol. The molecule has 0 fully saturated rings. The van der Waals surface area contributed by atoms with Crippen LogP contribution in [0.3, 0.4) is 0 Å². The number of hydrogen-bond acceptors (Lipinski definition) is 3. The Morgan fingerprint density at radius 1 is 1.41 bits per heavy atom. The quantitative estimate of drug-likeness (QED) is 0.905. The van der Waals surface area contributed by atoms with E-state index in [2.05, 4.69) is 17.3 Å². The van der Waals surface area contributed by atoms with Gasteiger partial charge in [0, 0.05) is 23.7 Å². The monoisotopic (exact) mass is 275 g/mol. The van der Waals surface area contributed by atoms with E-state index in [1.54, 1.807) is 6.07 Å². The van der Waals surface area contributed by atoms with Gasteiger partial charge < -0.3 is 5.32 Å². The lowest BCUT2D eigenvalue weighted by atomic mass is 10.4. The molecule has 0 atom stereocenters. The second-order valence-electron chi connectivity index (χ2n) is 3.52. The smallest absolute Gasteiger partial charge is 0.176 e. The summed E-state index contributed by atoms with van der Waals surface area (Å²) in [6.07, 6.45) is 3.01. The van der Waals surface area contributed by atoms with Crippen LogP contribution in [0.25, 0.3) is 0 Å². The second-order valence-corrected chi connectivity index (χ2v) is 4.64. The molecule has 0 radical (unpaired) electrons. The van der Waals surface area contributed by atoms with Gasteiger partial charge in [-0.1, -0.05) is 6.92 Å². The van der Waals surface area contributed by atoms with Crippen LogP contribution in [0, 0.1) is 5.13 Å². The molecule has 0 saturated carbocycles. The molecule has 94 valence electrons. The Morgan fingerprint density at radius 3 is 2.88 bits per heavy atom. The van der Waals surface area contributed by atoms with Gasteiger partial charge in [0.1, 0.15) is 5.82 Å². The van der Waals surface area contributed by atoms with E-state index in [0.29, 0.717) is 6.54 Å². The van der Waals surface area contributed by atoms with Crippen molar-refractivity contribution in [1.82, 2.24) is 9.78 Å². The fourth-order valence-corrected chi connectivity index (χ4v) is 2.10. The summed E-state index contributed by atoms with van der Waals surface area (Å²) in [5, 5.41) is 7.36. The van der Waals surface area contributed by atoms with E-state index in [1.165, 1.54) is 6.07 Å². The van der Waals surface area contributed by atoms with Crippen molar-refractivity contribution in [1.29, 1.82) is 0 Å². The van der Waals surface area contributed by atoms with Crippen molar-refractivity contribution in [3.05, 3.63) is 34.4 Å². The van der Waals surface area contributed by atoms with Crippen LogP contribution in [0.2, 0.25) is 0 Å². The minimum absolute atomic E-state index is 0. The molecular formula is C11H15ClFN3S. The molecule has 0 saturated heterocycles.